The molecule has 0 aliphatic carbocycles. The van der Waals surface area contributed by atoms with Gasteiger partial charge in [0.25, 0.3) is 5.69 Å². The van der Waals surface area contributed by atoms with E-state index in [0.717, 1.165) is 17.7 Å². The van der Waals surface area contributed by atoms with Crippen molar-refractivity contribution in [3.8, 4) is 0 Å². The van der Waals surface area contributed by atoms with E-state index in [1.165, 1.54) is 0 Å². The number of nitrogens with two attached hydrogens (primary N) is 1. The van der Waals surface area contributed by atoms with Crippen molar-refractivity contribution in [2.45, 2.75) is 11.4 Å². The van der Waals surface area contributed by atoms with Gasteiger partial charge in [-0.25, -0.2) is 18.4 Å². The third kappa shape index (κ3) is 3.86. The van der Waals surface area contributed by atoms with E-state index in [9.17, 15) is 23.3 Å². The van der Waals surface area contributed by atoms with E-state index in [1.807, 2.05) is 0 Å². The van der Waals surface area contributed by atoms with Gasteiger partial charge in [0.15, 0.2) is 0 Å². The number of nitro benzene ring substituents is 1. The molecule has 0 amide bonds. The highest BCUT2D eigenvalue weighted by Crippen LogP contribution is 2.33. The summed E-state index contributed by atoms with van der Waals surface area (Å²) in [6, 6.07) is 10.3. The zero-order valence-electron chi connectivity index (χ0n) is 12.2. The SMILES string of the molecule is NS(=O)(=O)c1cc(C(=O)O)cc([N+](=O)[O-])c1NCc1ccccc1. The zero-order valence-corrected chi connectivity index (χ0v) is 13.0. The molecule has 0 aliphatic rings. The first-order valence-electron chi connectivity index (χ1n) is 6.56. The van der Waals surface area contributed by atoms with E-state index < -0.39 is 37.1 Å². The van der Waals surface area contributed by atoms with Crippen LogP contribution in [-0.2, 0) is 16.6 Å². The highest BCUT2D eigenvalue weighted by Gasteiger charge is 2.27. The van der Waals surface area contributed by atoms with Crippen LogP contribution < -0.4 is 10.5 Å². The number of anilines is 1. The fourth-order valence-corrected chi connectivity index (χ4v) is 2.81. The zero-order chi connectivity index (χ0) is 17.9. The summed E-state index contributed by atoms with van der Waals surface area (Å²) in [4.78, 5) is 20.8. The van der Waals surface area contributed by atoms with Crippen LogP contribution in [0.3, 0.4) is 0 Å². The first-order valence-corrected chi connectivity index (χ1v) is 8.11. The van der Waals surface area contributed by atoms with Crippen LogP contribution >= 0.6 is 0 Å². The highest BCUT2D eigenvalue weighted by molar-refractivity contribution is 7.89. The third-order valence-electron chi connectivity index (χ3n) is 3.14. The summed E-state index contributed by atoms with van der Waals surface area (Å²) < 4.78 is 23.5. The van der Waals surface area contributed by atoms with Crippen molar-refractivity contribution in [1.29, 1.82) is 0 Å². The number of nitro groups is 1. The van der Waals surface area contributed by atoms with Crippen LogP contribution in [0.15, 0.2) is 47.4 Å². The Labute approximate surface area is 136 Å². The molecule has 0 spiro atoms. The van der Waals surface area contributed by atoms with Crippen molar-refractivity contribution in [2.24, 2.45) is 5.14 Å². The summed E-state index contributed by atoms with van der Waals surface area (Å²) in [5.41, 5.74) is -0.836. The van der Waals surface area contributed by atoms with Crippen LogP contribution in [0.2, 0.25) is 0 Å². The monoisotopic (exact) mass is 351 g/mol. The van der Waals surface area contributed by atoms with Gasteiger partial charge in [-0.1, -0.05) is 30.3 Å². The van der Waals surface area contributed by atoms with Crippen LogP contribution in [0.1, 0.15) is 15.9 Å². The molecule has 0 heterocycles. The molecule has 10 heteroatoms. The second-order valence-corrected chi connectivity index (χ2v) is 6.34. The predicted molar refractivity (Wildman–Crippen MR) is 85.2 cm³/mol. The molecule has 2 aromatic carbocycles. The maximum atomic E-state index is 11.7. The standard InChI is InChI=1S/C14H13N3O6S/c15-24(22,23)12-7-10(14(18)19)6-11(17(20)21)13(12)16-8-9-4-2-1-3-5-9/h1-7,16H,8H2,(H,18,19)(H2,15,22,23). The maximum absolute atomic E-state index is 11.7. The van der Waals surface area contributed by atoms with Gasteiger partial charge in [-0.3, -0.25) is 10.1 Å². The highest BCUT2D eigenvalue weighted by atomic mass is 32.2. The van der Waals surface area contributed by atoms with Crippen molar-refractivity contribution >= 4 is 27.4 Å². The smallest absolute Gasteiger partial charge is 0.335 e. The second-order valence-electron chi connectivity index (χ2n) is 4.81. The molecular weight excluding hydrogens is 338 g/mol. The number of carboxylic acids is 1. The van der Waals surface area contributed by atoms with E-state index in [1.54, 1.807) is 30.3 Å². The Morgan fingerprint density at radius 1 is 1.25 bits per heavy atom. The van der Waals surface area contributed by atoms with Crippen molar-refractivity contribution < 1.29 is 23.2 Å². The number of benzene rings is 2. The number of hydrogen-bond acceptors (Lipinski definition) is 6. The molecule has 0 saturated carbocycles. The summed E-state index contributed by atoms with van der Waals surface area (Å²) >= 11 is 0. The van der Waals surface area contributed by atoms with Crippen molar-refractivity contribution in [3.63, 3.8) is 0 Å². The van der Waals surface area contributed by atoms with E-state index in [2.05, 4.69) is 5.32 Å². The molecule has 126 valence electrons. The molecule has 4 N–H and O–H groups in total. The maximum Gasteiger partial charge on any atom is 0.335 e. The Morgan fingerprint density at radius 2 is 1.88 bits per heavy atom. The van der Waals surface area contributed by atoms with Crippen molar-refractivity contribution in [1.82, 2.24) is 0 Å². The molecular formula is C14H13N3O6S. The molecule has 2 rings (SSSR count). The summed E-state index contributed by atoms with van der Waals surface area (Å²) in [6.07, 6.45) is 0. The minimum atomic E-state index is -4.38. The molecule has 0 atom stereocenters. The lowest BCUT2D eigenvalue weighted by Gasteiger charge is -2.12. The number of nitrogens with zero attached hydrogens (tertiary/aromatic N) is 1. The number of primary sulfonamides is 1. The van der Waals surface area contributed by atoms with Gasteiger partial charge in [0.2, 0.25) is 10.0 Å². The van der Waals surface area contributed by atoms with Crippen LogP contribution in [-0.4, -0.2) is 24.4 Å². The normalized spacial score (nSPS) is 11.0. The van der Waals surface area contributed by atoms with Crippen LogP contribution in [0, 0.1) is 10.1 Å². The third-order valence-corrected chi connectivity index (χ3v) is 4.08. The van der Waals surface area contributed by atoms with Gasteiger partial charge in [-0.15, -0.1) is 0 Å². The number of rotatable bonds is 6. The second kappa shape index (κ2) is 6.64. The van der Waals surface area contributed by atoms with Crippen LogP contribution in [0.25, 0.3) is 0 Å². The van der Waals surface area contributed by atoms with Gasteiger partial charge in [0.05, 0.1) is 10.5 Å². The molecule has 9 nitrogen and oxygen atoms in total. The minimum absolute atomic E-state index is 0.0939. The van der Waals surface area contributed by atoms with Crippen molar-refractivity contribution in [2.75, 3.05) is 5.32 Å². The van der Waals surface area contributed by atoms with E-state index in [4.69, 9.17) is 10.2 Å². The molecule has 0 radical (unpaired) electrons. The lowest BCUT2D eigenvalue weighted by atomic mass is 10.1. The molecule has 2 aromatic rings. The lowest BCUT2D eigenvalue weighted by molar-refractivity contribution is -0.384. The van der Waals surface area contributed by atoms with Gasteiger partial charge in [-0.2, -0.15) is 0 Å². The number of carbonyl (C=O) groups is 1. The summed E-state index contributed by atoms with van der Waals surface area (Å²) in [5, 5.41) is 28.0. The molecule has 24 heavy (non-hydrogen) atoms. The van der Waals surface area contributed by atoms with E-state index >= 15 is 0 Å². The minimum Gasteiger partial charge on any atom is -0.478 e. The fraction of sp³-hybridized carbons (Fsp3) is 0.0714. The predicted octanol–water partition coefficient (Wildman–Crippen LogP) is 1.55. The topological polar surface area (TPSA) is 153 Å². The average Bonchev–Trinajstić information content (AvgIpc) is 2.52. The number of sulfonamides is 1. The lowest BCUT2D eigenvalue weighted by Crippen LogP contribution is -2.17. The van der Waals surface area contributed by atoms with Gasteiger partial charge < -0.3 is 10.4 Å². The Hall–Kier alpha value is -2.98. The van der Waals surface area contributed by atoms with E-state index in [-0.39, 0.29) is 12.2 Å². The van der Waals surface area contributed by atoms with E-state index in [0.29, 0.717) is 0 Å². The summed E-state index contributed by atoms with van der Waals surface area (Å²) in [7, 11) is -4.38. The van der Waals surface area contributed by atoms with Crippen molar-refractivity contribution in [3.05, 3.63) is 63.7 Å². The Balaban J connectivity index is 2.58. The largest absolute Gasteiger partial charge is 0.478 e. The number of aromatic carboxylic acids is 1. The average molecular weight is 351 g/mol. The first kappa shape index (κ1) is 17.4. The number of hydrogen-bond donors (Lipinski definition) is 3. The molecule has 0 saturated heterocycles. The molecule has 0 aliphatic heterocycles. The van der Waals surface area contributed by atoms with Gasteiger partial charge >= 0.3 is 5.97 Å². The molecule has 0 bridgehead atoms. The number of nitrogens with one attached hydrogen (secondary N) is 1. The molecule has 0 aromatic heterocycles. The van der Waals surface area contributed by atoms with Gasteiger partial charge in [0, 0.05) is 12.6 Å². The Kier molecular flexibility index (Phi) is 4.81. The number of carboxylic acid groups (broad SMARTS) is 1. The van der Waals surface area contributed by atoms with Crippen LogP contribution in [0.5, 0.6) is 0 Å². The first-order chi connectivity index (χ1) is 11.2. The quantitative estimate of drug-likeness (QED) is 0.527. The molecule has 0 unspecified atom stereocenters. The van der Waals surface area contributed by atoms with Gasteiger partial charge in [-0.05, 0) is 11.6 Å². The summed E-state index contributed by atoms with van der Waals surface area (Å²) in [5.74, 6) is -1.50. The van der Waals surface area contributed by atoms with Crippen LogP contribution in [0.4, 0.5) is 11.4 Å². The summed E-state index contributed by atoms with van der Waals surface area (Å²) in [6.45, 7) is 0.0939. The molecule has 0 fully saturated rings. The Bertz CT molecular complexity index is 896. The van der Waals surface area contributed by atoms with Gasteiger partial charge in [0.1, 0.15) is 10.6 Å². The Morgan fingerprint density at radius 3 is 2.38 bits per heavy atom. The fourth-order valence-electron chi connectivity index (χ4n) is 2.06.